The average Bonchev–Trinajstić information content (AvgIpc) is 2.00. The molecule has 0 saturated heterocycles. The van der Waals surface area contributed by atoms with E-state index in [1.165, 1.54) is 0 Å². The minimum absolute atomic E-state index is 0.120. The van der Waals surface area contributed by atoms with Crippen LogP contribution < -0.4 is 16.8 Å². The predicted molar refractivity (Wildman–Crippen MR) is 54.3 cm³/mol. The molecule has 0 aliphatic carbocycles. The smallest absolute Gasteiger partial charge is 0.318 e. The van der Waals surface area contributed by atoms with Crippen LogP contribution in [0, 0.1) is 11.8 Å². The first-order chi connectivity index (χ1) is 6.45. The molecule has 0 unspecified atom stereocenters. The Morgan fingerprint density at radius 1 is 1.36 bits per heavy atom. The molecule has 14 heavy (non-hydrogen) atoms. The Balaban J connectivity index is 3.92. The minimum Gasteiger partial charge on any atom is -0.351 e. The van der Waals surface area contributed by atoms with Crippen molar-refractivity contribution in [2.75, 3.05) is 6.54 Å². The Hall–Kier alpha value is -1.10. The average molecular weight is 201 g/mol. The molecule has 5 nitrogen and oxygen atoms in total. The van der Waals surface area contributed by atoms with E-state index in [-0.39, 0.29) is 18.2 Å². The van der Waals surface area contributed by atoms with Gasteiger partial charge in [0.1, 0.15) is 0 Å². The van der Waals surface area contributed by atoms with E-state index >= 15 is 0 Å². The van der Waals surface area contributed by atoms with Gasteiger partial charge in [0.25, 0.3) is 0 Å². The summed E-state index contributed by atoms with van der Waals surface area (Å²) in [6, 6.07) is -0.810. The number of carbonyl (C=O) groups is 2. The number of carbonyl (C=O) groups excluding carboxylic acids is 2. The van der Waals surface area contributed by atoms with Gasteiger partial charge in [0.2, 0.25) is 5.91 Å². The SMILES string of the molecule is CC(C)C[C@H](CN)CC(=O)NC(N)=O. The molecule has 3 amide bonds. The van der Waals surface area contributed by atoms with Crippen LogP contribution in [0.1, 0.15) is 26.7 Å². The second kappa shape index (κ2) is 6.37. The second-order valence-corrected chi connectivity index (χ2v) is 3.85. The van der Waals surface area contributed by atoms with Crippen LogP contribution in [0.15, 0.2) is 0 Å². The van der Waals surface area contributed by atoms with Gasteiger partial charge in [-0.2, -0.15) is 0 Å². The molecule has 0 heterocycles. The molecule has 82 valence electrons. The van der Waals surface area contributed by atoms with Gasteiger partial charge in [-0.1, -0.05) is 13.8 Å². The lowest BCUT2D eigenvalue weighted by atomic mass is 9.94. The normalized spacial score (nSPS) is 12.6. The van der Waals surface area contributed by atoms with Crippen molar-refractivity contribution < 1.29 is 9.59 Å². The number of primary amides is 1. The molecule has 0 aromatic rings. The second-order valence-electron chi connectivity index (χ2n) is 3.85. The lowest BCUT2D eigenvalue weighted by Gasteiger charge is -2.15. The Morgan fingerprint density at radius 2 is 1.93 bits per heavy atom. The summed E-state index contributed by atoms with van der Waals surface area (Å²) in [5.41, 5.74) is 10.3. The molecule has 1 atom stereocenters. The van der Waals surface area contributed by atoms with E-state index in [1.807, 2.05) is 5.32 Å². The molecule has 0 aromatic carbocycles. The fraction of sp³-hybridized carbons (Fsp3) is 0.778. The molecule has 5 heteroatoms. The van der Waals surface area contributed by atoms with Crippen LogP contribution >= 0.6 is 0 Å². The monoisotopic (exact) mass is 201 g/mol. The van der Waals surface area contributed by atoms with Crippen LogP contribution in [0.25, 0.3) is 0 Å². The summed E-state index contributed by atoms with van der Waals surface area (Å²) < 4.78 is 0. The number of hydrogen-bond acceptors (Lipinski definition) is 3. The summed E-state index contributed by atoms with van der Waals surface area (Å²) in [6.45, 7) is 4.58. The first-order valence-electron chi connectivity index (χ1n) is 4.75. The van der Waals surface area contributed by atoms with E-state index in [1.54, 1.807) is 0 Å². The number of amides is 3. The third kappa shape index (κ3) is 6.42. The fourth-order valence-corrected chi connectivity index (χ4v) is 1.38. The molecule has 0 bridgehead atoms. The zero-order chi connectivity index (χ0) is 11.1. The summed E-state index contributed by atoms with van der Waals surface area (Å²) in [7, 11) is 0. The fourth-order valence-electron chi connectivity index (χ4n) is 1.38. The van der Waals surface area contributed by atoms with Crippen LogP contribution in [0.5, 0.6) is 0 Å². The van der Waals surface area contributed by atoms with Gasteiger partial charge in [-0.05, 0) is 24.8 Å². The molecule has 0 saturated carbocycles. The molecular weight excluding hydrogens is 182 g/mol. The zero-order valence-corrected chi connectivity index (χ0v) is 8.75. The summed E-state index contributed by atoms with van der Waals surface area (Å²) in [4.78, 5) is 21.5. The molecule has 5 N–H and O–H groups in total. The number of imide groups is 1. The maximum Gasteiger partial charge on any atom is 0.318 e. The van der Waals surface area contributed by atoms with E-state index in [2.05, 4.69) is 13.8 Å². The first-order valence-corrected chi connectivity index (χ1v) is 4.75. The Labute approximate surface area is 84.2 Å². The summed E-state index contributed by atoms with van der Waals surface area (Å²) in [5.74, 6) is 0.257. The molecule has 0 rings (SSSR count). The lowest BCUT2D eigenvalue weighted by Crippen LogP contribution is -2.37. The highest BCUT2D eigenvalue weighted by Gasteiger charge is 2.14. The van der Waals surface area contributed by atoms with Crippen molar-refractivity contribution in [1.82, 2.24) is 5.32 Å². The molecule has 0 radical (unpaired) electrons. The molecule has 0 fully saturated rings. The highest BCUT2D eigenvalue weighted by Crippen LogP contribution is 2.13. The van der Waals surface area contributed by atoms with Gasteiger partial charge in [-0.25, -0.2) is 4.79 Å². The van der Waals surface area contributed by atoms with E-state index in [4.69, 9.17) is 11.5 Å². The number of hydrogen-bond donors (Lipinski definition) is 3. The predicted octanol–water partition coefficient (Wildman–Crippen LogP) is 0.192. The van der Waals surface area contributed by atoms with Crippen molar-refractivity contribution in [1.29, 1.82) is 0 Å². The van der Waals surface area contributed by atoms with E-state index in [9.17, 15) is 9.59 Å². The van der Waals surface area contributed by atoms with Crippen molar-refractivity contribution >= 4 is 11.9 Å². The van der Waals surface area contributed by atoms with Gasteiger partial charge < -0.3 is 11.5 Å². The number of nitrogens with two attached hydrogens (primary N) is 2. The van der Waals surface area contributed by atoms with Crippen LogP contribution in [-0.4, -0.2) is 18.5 Å². The van der Waals surface area contributed by atoms with E-state index in [0.717, 1.165) is 6.42 Å². The molecular formula is C9H19N3O2. The summed E-state index contributed by atoms with van der Waals surface area (Å²) in [6.07, 6.45) is 1.14. The van der Waals surface area contributed by atoms with Gasteiger partial charge >= 0.3 is 6.03 Å². The van der Waals surface area contributed by atoms with Crippen molar-refractivity contribution in [2.24, 2.45) is 23.3 Å². The van der Waals surface area contributed by atoms with Crippen molar-refractivity contribution in [2.45, 2.75) is 26.7 Å². The zero-order valence-electron chi connectivity index (χ0n) is 8.75. The molecule has 0 aliphatic heterocycles. The van der Waals surface area contributed by atoms with E-state index in [0.29, 0.717) is 12.5 Å². The van der Waals surface area contributed by atoms with Crippen LogP contribution in [0.2, 0.25) is 0 Å². The van der Waals surface area contributed by atoms with Gasteiger partial charge in [0, 0.05) is 6.42 Å². The van der Waals surface area contributed by atoms with Crippen LogP contribution in [-0.2, 0) is 4.79 Å². The highest BCUT2D eigenvalue weighted by atomic mass is 16.2. The van der Waals surface area contributed by atoms with Gasteiger partial charge in [0.05, 0.1) is 0 Å². The van der Waals surface area contributed by atoms with Crippen LogP contribution in [0.4, 0.5) is 4.79 Å². The van der Waals surface area contributed by atoms with Crippen molar-refractivity contribution in [3.05, 3.63) is 0 Å². The minimum atomic E-state index is -0.810. The van der Waals surface area contributed by atoms with Gasteiger partial charge in [-0.3, -0.25) is 10.1 Å². The largest absolute Gasteiger partial charge is 0.351 e. The number of rotatable bonds is 5. The molecule has 0 spiro atoms. The van der Waals surface area contributed by atoms with Gasteiger partial charge in [0.15, 0.2) is 0 Å². The van der Waals surface area contributed by atoms with Crippen LogP contribution in [0.3, 0.4) is 0 Å². The lowest BCUT2D eigenvalue weighted by molar-refractivity contribution is -0.120. The standard InChI is InChI=1S/C9H19N3O2/c1-6(2)3-7(5-10)4-8(13)12-9(11)14/h6-7H,3-5,10H2,1-2H3,(H3,11,12,13,14)/t7-/m0/s1. The third-order valence-electron chi connectivity index (χ3n) is 1.87. The molecule has 0 aromatic heterocycles. The maximum atomic E-state index is 11.1. The Morgan fingerprint density at radius 3 is 2.29 bits per heavy atom. The van der Waals surface area contributed by atoms with E-state index < -0.39 is 6.03 Å². The topological polar surface area (TPSA) is 98.2 Å². The Bertz CT molecular complexity index is 204. The highest BCUT2D eigenvalue weighted by molar-refractivity contribution is 5.93. The quantitative estimate of drug-likeness (QED) is 0.592. The van der Waals surface area contributed by atoms with Gasteiger partial charge in [-0.15, -0.1) is 0 Å². The van der Waals surface area contributed by atoms with Crippen molar-refractivity contribution in [3.63, 3.8) is 0 Å². The number of urea groups is 1. The molecule has 0 aliphatic rings. The summed E-state index contributed by atoms with van der Waals surface area (Å²) >= 11 is 0. The maximum absolute atomic E-state index is 11.1. The first kappa shape index (κ1) is 12.9. The summed E-state index contributed by atoms with van der Waals surface area (Å²) in [5, 5.41) is 2.03. The third-order valence-corrected chi connectivity index (χ3v) is 1.87. The van der Waals surface area contributed by atoms with Crippen molar-refractivity contribution in [3.8, 4) is 0 Å². The number of nitrogens with one attached hydrogen (secondary N) is 1. The Kier molecular flexibility index (Phi) is 5.87.